The number of aromatic nitrogens is 2. The molecule has 0 aromatic carbocycles. The summed E-state index contributed by atoms with van der Waals surface area (Å²) in [7, 11) is 0. The maximum Gasteiger partial charge on any atom is 0.354 e. The van der Waals surface area contributed by atoms with E-state index >= 15 is 0 Å². The van der Waals surface area contributed by atoms with Gasteiger partial charge in [-0.1, -0.05) is 6.42 Å². The number of aromatic amines is 1. The average molecular weight is 331 g/mol. The highest BCUT2D eigenvalue weighted by atomic mass is 16.5. The predicted molar refractivity (Wildman–Crippen MR) is 92.5 cm³/mol. The van der Waals surface area contributed by atoms with Gasteiger partial charge in [0.2, 0.25) is 0 Å². The third-order valence-corrected chi connectivity index (χ3v) is 4.28. The molecule has 2 aromatic rings. The monoisotopic (exact) mass is 331 g/mol. The van der Waals surface area contributed by atoms with Crippen LogP contribution in [0.25, 0.3) is 11.0 Å². The van der Waals surface area contributed by atoms with E-state index in [1.54, 1.807) is 19.2 Å². The van der Waals surface area contributed by atoms with Crippen molar-refractivity contribution in [1.82, 2.24) is 14.9 Å². The molecule has 0 amide bonds. The molecule has 1 aliphatic rings. The van der Waals surface area contributed by atoms with Crippen molar-refractivity contribution in [2.45, 2.75) is 32.6 Å². The average Bonchev–Trinajstić information content (AvgIpc) is 3.03. The number of carbonyl (C=O) groups is 1. The standard InChI is InChI=1S/C18H25N3O3/c1-2-23-18(22)16-12-14-11-15(13-19-17(14)20-16)24-10-6-9-21-7-4-3-5-8-21/h11-13H,2-10H2,1H3,(H,19,20). The summed E-state index contributed by atoms with van der Waals surface area (Å²) < 4.78 is 10.8. The normalized spacial score (nSPS) is 15.5. The number of hydrogen-bond donors (Lipinski definition) is 1. The number of nitrogens with one attached hydrogen (secondary N) is 1. The lowest BCUT2D eigenvalue weighted by Gasteiger charge is -2.26. The largest absolute Gasteiger partial charge is 0.492 e. The van der Waals surface area contributed by atoms with Gasteiger partial charge in [-0.2, -0.15) is 0 Å². The van der Waals surface area contributed by atoms with Crippen molar-refractivity contribution in [3.05, 3.63) is 24.0 Å². The number of likely N-dealkylation sites (tertiary alicyclic amines) is 1. The molecule has 24 heavy (non-hydrogen) atoms. The zero-order chi connectivity index (χ0) is 16.8. The van der Waals surface area contributed by atoms with E-state index in [-0.39, 0.29) is 5.97 Å². The van der Waals surface area contributed by atoms with Gasteiger partial charge in [-0.25, -0.2) is 9.78 Å². The summed E-state index contributed by atoms with van der Waals surface area (Å²) in [5.74, 6) is 0.370. The molecule has 0 spiro atoms. The fourth-order valence-corrected chi connectivity index (χ4v) is 3.05. The Morgan fingerprint density at radius 3 is 2.92 bits per heavy atom. The number of ether oxygens (including phenoxy) is 2. The molecule has 1 saturated heterocycles. The summed E-state index contributed by atoms with van der Waals surface area (Å²) in [4.78, 5) is 21.5. The molecule has 0 aliphatic carbocycles. The lowest BCUT2D eigenvalue weighted by molar-refractivity contribution is 0.0520. The van der Waals surface area contributed by atoms with E-state index in [0.29, 0.717) is 24.6 Å². The van der Waals surface area contributed by atoms with Crippen molar-refractivity contribution in [3.8, 4) is 5.75 Å². The van der Waals surface area contributed by atoms with Crippen LogP contribution in [-0.4, -0.2) is 53.7 Å². The van der Waals surface area contributed by atoms with Crippen LogP contribution in [0.2, 0.25) is 0 Å². The minimum Gasteiger partial charge on any atom is -0.492 e. The van der Waals surface area contributed by atoms with Gasteiger partial charge in [0.05, 0.1) is 19.4 Å². The third-order valence-electron chi connectivity index (χ3n) is 4.28. The molecule has 0 saturated carbocycles. The summed E-state index contributed by atoms with van der Waals surface area (Å²) >= 11 is 0. The van der Waals surface area contributed by atoms with Gasteiger partial charge in [0, 0.05) is 11.9 Å². The molecule has 1 aliphatic heterocycles. The number of H-pyrrole nitrogens is 1. The summed E-state index contributed by atoms with van der Waals surface area (Å²) in [6.45, 7) is 6.34. The molecule has 1 N–H and O–H groups in total. The number of esters is 1. The number of piperidine rings is 1. The Labute approximate surface area is 142 Å². The smallest absolute Gasteiger partial charge is 0.354 e. The highest BCUT2D eigenvalue weighted by Crippen LogP contribution is 2.20. The Bertz CT molecular complexity index is 677. The number of pyridine rings is 1. The second kappa shape index (κ2) is 8.15. The molecule has 3 rings (SSSR count). The van der Waals surface area contributed by atoms with Gasteiger partial charge in [0.25, 0.3) is 0 Å². The molecule has 2 aromatic heterocycles. The zero-order valence-electron chi connectivity index (χ0n) is 14.2. The first kappa shape index (κ1) is 16.8. The van der Waals surface area contributed by atoms with Crippen molar-refractivity contribution in [2.24, 2.45) is 0 Å². The Morgan fingerprint density at radius 2 is 2.12 bits per heavy atom. The van der Waals surface area contributed by atoms with Crippen LogP contribution in [0.15, 0.2) is 18.3 Å². The Kier molecular flexibility index (Phi) is 5.69. The molecule has 3 heterocycles. The van der Waals surface area contributed by atoms with E-state index in [2.05, 4.69) is 14.9 Å². The third kappa shape index (κ3) is 4.26. The van der Waals surface area contributed by atoms with E-state index in [4.69, 9.17) is 9.47 Å². The lowest BCUT2D eigenvalue weighted by atomic mass is 10.1. The van der Waals surface area contributed by atoms with Gasteiger partial charge < -0.3 is 19.4 Å². The molecule has 1 fully saturated rings. The second-order valence-electron chi connectivity index (χ2n) is 6.12. The number of nitrogens with zero attached hydrogens (tertiary/aromatic N) is 2. The van der Waals surface area contributed by atoms with Gasteiger partial charge >= 0.3 is 5.97 Å². The van der Waals surface area contributed by atoms with E-state index in [0.717, 1.165) is 24.1 Å². The SMILES string of the molecule is CCOC(=O)c1cc2cc(OCCCN3CCCCC3)cnc2[nH]1. The number of rotatable bonds is 7. The summed E-state index contributed by atoms with van der Waals surface area (Å²) in [5, 5.41) is 0.853. The van der Waals surface area contributed by atoms with Crippen LogP contribution in [0, 0.1) is 0 Å². The molecule has 130 valence electrons. The summed E-state index contributed by atoms with van der Waals surface area (Å²) in [6.07, 6.45) is 6.70. The van der Waals surface area contributed by atoms with Crippen LogP contribution in [0.5, 0.6) is 5.75 Å². The van der Waals surface area contributed by atoms with Crippen molar-refractivity contribution in [3.63, 3.8) is 0 Å². The van der Waals surface area contributed by atoms with Crippen molar-refractivity contribution in [1.29, 1.82) is 0 Å². The highest BCUT2D eigenvalue weighted by Gasteiger charge is 2.12. The number of carbonyl (C=O) groups excluding carboxylic acids is 1. The first-order valence-corrected chi connectivity index (χ1v) is 8.77. The van der Waals surface area contributed by atoms with Gasteiger partial charge in [-0.15, -0.1) is 0 Å². The van der Waals surface area contributed by atoms with E-state index in [1.807, 2.05) is 6.07 Å². The van der Waals surface area contributed by atoms with Crippen LogP contribution in [0.3, 0.4) is 0 Å². The summed E-state index contributed by atoms with van der Waals surface area (Å²) in [5.41, 5.74) is 1.08. The quantitative estimate of drug-likeness (QED) is 0.624. The van der Waals surface area contributed by atoms with Crippen molar-refractivity contribution >= 4 is 17.0 Å². The van der Waals surface area contributed by atoms with Gasteiger partial charge in [-0.3, -0.25) is 0 Å². The lowest BCUT2D eigenvalue weighted by Crippen LogP contribution is -2.31. The highest BCUT2D eigenvalue weighted by molar-refractivity contribution is 5.93. The first-order valence-electron chi connectivity index (χ1n) is 8.77. The number of hydrogen-bond acceptors (Lipinski definition) is 5. The maximum absolute atomic E-state index is 11.7. The fourth-order valence-electron chi connectivity index (χ4n) is 3.05. The molecule has 0 atom stereocenters. The molecular formula is C18H25N3O3. The maximum atomic E-state index is 11.7. The molecular weight excluding hydrogens is 306 g/mol. The minimum absolute atomic E-state index is 0.354. The van der Waals surface area contributed by atoms with Crippen molar-refractivity contribution in [2.75, 3.05) is 32.8 Å². The van der Waals surface area contributed by atoms with Crippen LogP contribution in [0.1, 0.15) is 43.1 Å². The fraction of sp³-hybridized carbons (Fsp3) is 0.556. The topological polar surface area (TPSA) is 67.5 Å². The molecule has 0 bridgehead atoms. The molecule has 6 nitrogen and oxygen atoms in total. The van der Waals surface area contributed by atoms with Crippen LogP contribution >= 0.6 is 0 Å². The van der Waals surface area contributed by atoms with E-state index < -0.39 is 0 Å². The Balaban J connectivity index is 1.52. The first-order chi connectivity index (χ1) is 11.8. The Morgan fingerprint density at radius 1 is 1.29 bits per heavy atom. The summed E-state index contributed by atoms with van der Waals surface area (Å²) in [6, 6.07) is 3.66. The molecule has 6 heteroatoms. The zero-order valence-corrected chi connectivity index (χ0v) is 14.2. The second-order valence-corrected chi connectivity index (χ2v) is 6.12. The molecule has 0 unspecified atom stereocenters. The molecule has 0 radical (unpaired) electrons. The van der Waals surface area contributed by atoms with Crippen LogP contribution in [-0.2, 0) is 4.74 Å². The van der Waals surface area contributed by atoms with E-state index in [9.17, 15) is 4.79 Å². The minimum atomic E-state index is -0.362. The van der Waals surface area contributed by atoms with Crippen LogP contribution in [0.4, 0.5) is 0 Å². The van der Waals surface area contributed by atoms with E-state index in [1.165, 1.54) is 32.4 Å². The number of fused-ring (bicyclic) bond motifs is 1. The van der Waals surface area contributed by atoms with Gasteiger partial charge in [-0.05, 0) is 51.4 Å². The van der Waals surface area contributed by atoms with Crippen LogP contribution < -0.4 is 4.74 Å². The van der Waals surface area contributed by atoms with Gasteiger partial charge in [0.15, 0.2) is 0 Å². The Hall–Kier alpha value is -2.08. The van der Waals surface area contributed by atoms with Crippen molar-refractivity contribution < 1.29 is 14.3 Å². The van der Waals surface area contributed by atoms with Gasteiger partial charge in [0.1, 0.15) is 17.1 Å². The predicted octanol–water partition coefficient (Wildman–Crippen LogP) is 2.99.